The van der Waals surface area contributed by atoms with Crippen LogP contribution >= 0.6 is 0 Å². The smallest absolute Gasteiger partial charge is 0.203 e. The van der Waals surface area contributed by atoms with Gasteiger partial charge in [-0.3, -0.25) is 0 Å². The van der Waals surface area contributed by atoms with Gasteiger partial charge in [0.05, 0.1) is 9.80 Å². The fourth-order valence-corrected chi connectivity index (χ4v) is 6.19. The van der Waals surface area contributed by atoms with Crippen LogP contribution in [0, 0.1) is 18.3 Å². The molecular weight excluding hydrogens is 304 g/mol. The summed E-state index contributed by atoms with van der Waals surface area (Å²) in [7, 11) is -3.39. The Hall–Kier alpha value is -1.35. The van der Waals surface area contributed by atoms with Gasteiger partial charge in [0.2, 0.25) is 9.84 Å². The Kier molecular flexibility index (Phi) is 4.26. The van der Waals surface area contributed by atoms with E-state index in [1.54, 1.807) is 12.1 Å². The number of hydrogen-bond donors (Lipinski definition) is 0. The topological polar surface area (TPSA) is 34.1 Å². The SMILES string of the molecule is C=C(C)[C@@H]1CC[C@@]2(CCCC=C2S(=O)(=O)c2ccc(C)cc2)C1. The quantitative estimate of drug-likeness (QED) is 0.714. The molecule has 3 rings (SSSR count). The second kappa shape index (κ2) is 5.94. The number of aryl methyl sites for hydroxylation is 1. The van der Waals surface area contributed by atoms with Gasteiger partial charge in [-0.1, -0.05) is 35.9 Å². The Bertz CT molecular complexity index is 740. The van der Waals surface area contributed by atoms with Gasteiger partial charge in [0.15, 0.2) is 0 Å². The van der Waals surface area contributed by atoms with Crippen molar-refractivity contribution < 1.29 is 8.42 Å². The normalized spacial score (nSPS) is 27.9. The van der Waals surface area contributed by atoms with Crippen LogP contribution in [0.2, 0.25) is 0 Å². The fourth-order valence-electron chi connectivity index (χ4n) is 4.25. The van der Waals surface area contributed by atoms with Crippen molar-refractivity contribution >= 4 is 9.84 Å². The summed E-state index contributed by atoms with van der Waals surface area (Å²) in [6.45, 7) is 8.15. The maximum atomic E-state index is 13.2. The van der Waals surface area contributed by atoms with Gasteiger partial charge in [-0.25, -0.2) is 8.42 Å². The highest BCUT2D eigenvalue weighted by Gasteiger charge is 2.47. The molecule has 1 spiro atoms. The Morgan fingerprint density at radius 2 is 1.91 bits per heavy atom. The number of benzene rings is 1. The van der Waals surface area contributed by atoms with Crippen molar-refractivity contribution in [1.82, 2.24) is 0 Å². The van der Waals surface area contributed by atoms with E-state index in [0.29, 0.717) is 15.7 Å². The summed E-state index contributed by atoms with van der Waals surface area (Å²) in [4.78, 5) is 1.12. The molecule has 0 radical (unpaired) electrons. The molecular formula is C20H26O2S. The minimum absolute atomic E-state index is 0.161. The molecule has 124 valence electrons. The molecule has 2 nitrogen and oxygen atoms in total. The molecule has 0 aliphatic heterocycles. The first-order chi connectivity index (χ1) is 10.8. The first-order valence-corrected chi connectivity index (χ1v) is 10.0. The van der Waals surface area contributed by atoms with Gasteiger partial charge < -0.3 is 0 Å². The number of hydrogen-bond acceptors (Lipinski definition) is 2. The molecule has 2 aliphatic carbocycles. The van der Waals surface area contributed by atoms with Crippen LogP contribution in [-0.4, -0.2) is 8.42 Å². The largest absolute Gasteiger partial charge is 0.219 e. The number of rotatable bonds is 3. The Morgan fingerprint density at radius 1 is 1.22 bits per heavy atom. The van der Waals surface area contributed by atoms with Crippen LogP contribution in [0.1, 0.15) is 51.0 Å². The van der Waals surface area contributed by atoms with Crippen LogP contribution in [0.15, 0.2) is 52.3 Å². The van der Waals surface area contributed by atoms with Crippen LogP contribution in [0.5, 0.6) is 0 Å². The summed E-state index contributed by atoms with van der Waals surface area (Å²) in [6.07, 6.45) is 7.94. The Morgan fingerprint density at radius 3 is 2.52 bits per heavy atom. The van der Waals surface area contributed by atoms with Crippen molar-refractivity contribution in [2.24, 2.45) is 11.3 Å². The van der Waals surface area contributed by atoms with E-state index in [1.807, 2.05) is 25.1 Å². The molecule has 1 aromatic rings. The van der Waals surface area contributed by atoms with Gasteiger partial charge in [0.25, 0.3) is 0 Å². The highest BCUT2D eigenvalue weighted by atomic mass is 32.2. The van der Waals surface area contributed by atoms with E-state index in [0.717, 1.165) is 44.1 Å². The van der Waals surface area contributed by atoms with Crippen LogP contribution in [0.4, 0.5) is 0 Å². The summed E-state index contributed by atoms with van der Waals surface area (Å²) in [6, 6.07) is 7.26. The van der Waals surface area contributed by atoms with E-state index >= 15 is 0 Å². The molecule has 2 atom stereocenters. The average molecular weight is 330 g/mol. The molecule has 0 bridgehead atoms. The van der Waals surface area contributed by atoms with E-state index in [-0.39, 0.29) is 5.41 Å². The van der Waals surface area contributed by atoms with Gasteiger partial charge in [0, 0.05) is 5.41 Å². The van der Waals surface area contributed by atoms with E-state index < -0.39 is 9.84 Å². The second-order valence-electron chi connectivity index (χ2n) is 7.34. The molecule has 1 fully saturated rings. The third-order valence-electron chi connectivity index (χ3n) is 5.64. The van der Waals surface area contributed by atoms with Gasteiger partial charge in [-0.2, -0.15) is 0 Å². The molecule has 2 aliphatic rings. The Balaban J connectivity index is 2.01. The molecule has 0 saturated heterocycles. The molecule has 0 aromatic heterocycles. The lowest BCUT2D eigenvalue weighted by Crippen LogP contribution is -2.28. The molecule has 1 aromatic carbocycles. The van der Waals surface area contributed by atoms with Gasteiger partial charge in [-0.05, 0) is 70.4 Å². The maximum absolute atomic E-state index is 13.2. The fraction of sp³-hybridized carbons (Fsp3) is 0.500. The molecule has 0 heterocycles. The van der Waals surface area contributed by atoms with Crippen LogP contribution in [-0.2, 0) is 9.84 Å². The predicted molar refractivity (Wildman–Crippen MR) is 94.9 cm³/mol. The predicted octanol–water partition coefficient (Wildman–Crippen LogP) is 5.20. The third-order valence-corrected chi connectivity index (χ3v) is 7.71. The van der Waals surface area contributed by atoms with E-state index in [1.165, 1.54) is 5.57 Å². The third kappa shape index (κ3) is 2.91. The van der Waals surface area contributed by atoms with E-state index in [2.05, 4.69) is 13.5 Å². The van der Waals surface area contributed by atoms with Crippen molar-refractivity contribution in [1.29, 1.82) is 0 Å². The van der Waals surface area contributed by atoms with Crippen molar-refractivity contribution in [2.45, 2.75) is 57.3 Å². The highest BCUT2D eigenvalue weighted by Crippen LogP contribution is 2.56. The molecule has 3 heteroatoms. The highest BCUT2D eigenvalue weighted by molar-refractivity contribution is 7.95. The van der Waals surface area contributed by atoms with Gasteiger partial charge in [0.1, 0.15) is 0 Å². The summed E-state index contributed by atoms with van der Waals surface area (Å²) < 4.78 is 26.5. The molecule has 0 amide bonds. The lowest BCUT2D eigenvalue weighted by molar-refractivity contribution is 0.318. The van der Waals surface area contributed by atoms with Crippen LogP contribution < -0.4 is 0 Å². The zero-order chi connectivity index (χ0) is 16.7. The first-order valence-electron chi connectivity index (χ1n) is 8.53. The second-order valence-corrected chi connectivity index (χ2v) is 9.26. The minimum Gasteiger partial charge on any atom is -0.219 e. The number of allylic oxidation sites excluding steroid dienone is 3. The van der Waals surface area contributed by atoms with Crippen LogP contribution in [0.3, 0.4) is 0 Å². The summed E-state index contributed by atoms with van der Waals surface area (Å²) in [5.74, 6) is 0.463. The minimum atomic E-state index is -3.39. The van der Waals surface area contributed by atoms with E-state index in [4.69, 9.17) is 0 Å². The first kappa shape index (κ1) is 16.5. The molecule has 0 N–H and O–H groups in total. The molecule has 23 heavy (non-hydrogen) atoms. The van der Waals surface area contributed by atoms with Crippen LogP contribution in [0.25, 0.3) is 0 Å². The Labute approximate surface area is 140 Å². The van der Waals surface area contributed by atoms with Crippen molar-refractivity contribution in [3.8, 4) is 0 Å². The summed E-state index contributed by atoms with van der Waals surface area (Å²) in [5, 5.41) is 0. The van der Waals surface area contributed by atoms with Crippen molar-refractivity contribution in [3.63, 3.8) is 0 Å². The maximum Gasteiger partial charge on any atom is 0.203 e. The lowest BCUT2D eigenvalue weighted by atomic mass is 9.76. The zero-order valence-corrected chi connectivity index (χ0v) is 15.0. The van der Waals surface area contributed by atoms with Crippen molar-refractivity contribution in [3.05, 3.63) is 53.0 Å². The molecule has 1 saturated carbocycles. The lowest BCUT2D eigenvalue weighted by Gasteiger charge is -2.35. The standard InChI is InChI=1S/C20H26O2S/c1-15(2)17-11-13-20(14-17)12-5-4-6-19(20)23(21,22)18-9-7-16(3)8-10-18/h6-10,17H,1,4-5,11-14H2,2-3H3/t17-,20+/m1/s1. The van der Waals surface area contributed by atoms with Gasteiger partial charge in [-0.15, -0.1) is 0 Å². The average Bonchev–Trinajstić information content (AvgIpc) is 2.92. The molecule has 0 unspecified atom stereocenters. The number of sulfone groups is 1. The van der Waals surface area contributed by atoms with Gasteiger partial charge >= 0.3 is 0 Å². The van der Waals surface area contributed by atoms with E-state index in [9.17, 15) is 8.42 Å². The summed E-state index contributed by atoms with van der Waals surface area (Å²) >= 11 is 0. The zero-order valence-electron chi connectivity index (χ0n) is 14.1. The monoisotopic (exact) mass is 330 g/mol. The van der Waals surface area contributed by atoms with Crippen molar-refractivity contribution in [2.75, 3.05) is 0 Å². The summed E-state index contributed by atoms with van der Waals surface area (Å²) in [5.41, 5.74) is 2.12.